The summed E-state index contributed by atoms with van der Waals surface area (Å²) in [5.74, 6) is 2.84. The van der Waals surface area contributed by atoms with E-state index < -0.39 is 0 Å². The Morgan fingerprint density at radius 2 is 1.70 bits per heavy atom. The van der Waals surface area contributed by atoms with Crippen LogP contribution in [-0.4, -0.2) is 14.2 Å². The van der Waals surface area contributed by atoms with E-state index in [1.165, 1.54) is 0 Å². The van der Waals surface area contributed by atoms with Gasteiger partial charge in [-0.05, 0) is 41.8 Å². The van der Waals surface area contributed by atoms with Gasteiger partial charge in [0.25, 0.3) is 0 Å². The van der Waals surface area contributed by atoms with Gasteiger partial charge in [-0.25, -0.2) is 0 Å². The highest BCUT2D eigenvalue weighted by atomic mass is 16.5. The van der Waals surface area contributed by atoms with Crippen molar-refractivity contribution in [1.82, 2.24) is 0 Å². The Morgan fingerprint density at radius 1 is 1.05 bits per heavy atom. The van der Waals surface area contributed by atoms with Gasteiger partial charge in [-0.1, -0.05) is 19.9 Å². The van der Waals surface area contributed by atoms with Crippen molar-refractivity contribution in [2.45, 2.75) is 19.8 Å². The predicted molar refractivity (Wildman–Crippen MR) is 81.3 cm³/mol. The van der Waals surface area contributed by atoms with Crippen LogP contribution in [0.5, 0.6) is 11.5 Å². The summed E-state index contributed by atoms with van der Waals surface area (Å²) in [5, 5.41) is 0. The van der Waals surface area contributed by atoms with Crippen molar-refractivity contribution in [2.24, 2.45) is 0 Å². The van der Waals surface area contributed by atoms with E-state index in [2.05, 4.69) is 13.8 Å². The fourth-order valence-electron chi connectivity index (χ4n) is 2.19. The maximum absolute atomic E-state index is 5.49. The quantitative estimate of drug-likeness (QED) is 0.797. The molecule has 0 amide bonds. The van der Waals surface area contributed by atoms with Crippen LogP contribution in [0, 0.1) is 0 Å². The van der Waals surface area contributed by atoms with Gasteiger partial charge in [-0.2, -0.15) is 0 Å². The maximum Gasteiger partial charge on any atom is 0.126 e. The lowest BCUT2D eigenvalue weighted by Crippen LogP contribution is -1.99. The number of methoxy groups -OCH3 is 2. The van der Waals surface area contributed by atoms with Gasteiger partial charge >= 0.3 is 0 Å². The minimum Gasteiger partial charge on any atom is -0.496 e. The molecule has 0 aliphatic carbocycles. The van der Waals surface area contributed by atoms with Gasteiger partial charge in [-0.3, -0.25) is 0 Å². The molecule has 2 aromatic rings. The van der Waals surface area contributed by atoms with Crippen molar-refractivity contribution in [3.8, 4) is 11.5 Å². The lowest BCUT2D eigenvalue weighted by Gasteiger charge is -2.17. The van der Waals surface area contributed by atoms with Gasteiger partial charge in [-0.15, -0.1) is 0 Å². The highest BCUT2D eigenvalue weighted by Gasteiger charge is 2.14. The number of ether oxygens (including phenoxy) is 2. The van der Waals surface area contributed by atoms with E-state index >= 15 is 0 Å². The van der Waals surface area contributed by atoms with Crippen LogP contribution in [0.1, 0.15) is 36.7 Å². The molecule has 0 aliphatic rings. The summed E-state index contributed by atoms with van der Waals surface area (Å²) in [7, 11) is 3.36. The zero-order valence-electron chi connectivity index (χ0n) is 12.3. The van der Waals surface area contributed by atoms with Crippen molar-refractivity contribution < 1.29 is 13.9 Å². The van der Waals surface area contributed by atoms with Gasteiger partial charge in [0, 0.05) is 5.56 Å². The molecular formula is C17H20O3. The van der Waals surface area contributed by atoms with Crippen LogP contribution in [0.2, 0.25) is 0 Å². The molecule has 0 saturated carbocycles. The zero-order valence-corrected chi connectivity index (χ0v) is 12.3. The molecule has 1 aromatic heterocycles. The Labute approximate surface area is 119 Å². The first-order chi connectivity index (χ1) is 9.65. The highest BCUT2D eigenvalue weighted by molar-refractivity contribution is 5.70. The largest absolute Gasteiger partial charge is 0.496 e. The summed E-state index contributed by atoms with van der Waals surface area (Å²) in [6, 6.07) is 7.80. The van der Waals surface area contributed by atoms with Gasteiger partial charge in [0.1, 0.15) is 17.3 Å². The summed E-state index contributed by atoms with van der Waals surface area (Å²) in [6.45, 7) is 4.25. The molecular weight excluding hydrogens is 252 g/mol. The van der Waals surface area contributed by atoms with Gasteiger partial charge in [0.2, 0.25) is 0 Å². The summed E-state index contributed by atoms with van der Waals surface area (Å²) >= 11 is 0. The topological polar surface area (TPSA) is 31.6 Å². The normalized spacial score (nSPS) is 11.2. The van der Waals surface area contributed by atoms with Crippen molar-refractivity contribution in [2.75, 3.05) is 14.2 Å². The first-order valence-electron chi connectivity index (χ1n) is 6.63. The number of furan rings is 1. The fourth-order valence-corrected chi connectivity index (χ4v) is 2.19. The van der Waals surface area contributed by atoms with E-state index in [0.29, 0.717) is 5.92 Å². The molecule has 0 aliphatic heterocycles. The molecule has 3 heteroatoms. The van der Waals surface area contributed by atoms with Crippen molar-refractivity contribution in [3.63, 3.8) is 0 Å². The number of rotatable bonds is 5. The molecule has 0 bridgehead atoms. The molecule has 0 saturated heterocycles. The predicted octanol–water partition coefficient (Wildman–Crippen LogP) is 4.59. The Hall–Kier alpha value is -2.16. The van der Waals surface area contributed by atoms with E-state index in [0.717, 1.165) is 28.4 Å². The van der Waals surface area contributed by atoms with Crippen LogP contribution >= 0.6 is 0 Å². The van der Waals surface area contributed by atoms with E-state index in [4.69, 9.17) is 13.9 Å². The van der Waals surface area contributed by atoms with Crippen LogP contribution in [0.25, 0.3) is 12.2 Å². The Bertz CT molecular complexity index is 555. The summed E-state index contributed by atoms with van der Waals surface area (Å²) in [6.07, 6.45) is 5.56. The lowest BCUT2D eigenvalue weighted by molar-refractivity contribution is 0.382. The van der Waals surface area contributed by atoms with Crippen molar-refractivity contribution >= 4 is 12.2 Å². The second-order valence-electron chi connectivity index (χ2n) is 4.84. The molecule has 0 unspecified atom stereocenters. The fraction of sp³-hybridized carbons (Fsp3) is 0.294. The van der Waals surface area contributed by atoms with Gasteiger partial charge < -0.3 is 13.9 Å². The highest BCUT2D eigenvalue weighted by Crippen LogP contribution is 2.36. The molecule has 20 heavy (non-hydrogen) atoms. The van der Waals surface area contributed by atoms with Crippen LogP contribution in [0.15, 0.2) is 34.9 Å². The Morgan fingerprint density at radius 3 is 2.15 bits per heavy atom. The average molecular weight is 272 g/mol. The lowest BCUT2D eigenvalue weighted by atomic mass is 9.98. The number of benzene rings is 1. The molecule has 0 radical (unpaired) electrons. The maximum atomic E-state index is 5.49. The second kappa shape index (κ2) is 6.33. The number of hydrogen-bond acceptors (Lipinski definition) is 3. The summed E-state index contributed by atoms with van der Waals surface area (Å²) in [4.78, 5) is 0. The standard InChI is InChI=1S/C17H20O3/c1-12(2)17-15(18-3)10-13(11-16(17)19-4)7-8-14-6-5-9-20-14/h5-12H,1-4H3/b8-7+. The molecule has 0 spiro atoms. The van der Waals surface area contributed by atoms with Crippen molar-refractivity contribution in [3.05, 3.63) is 47.4 Å². The van der Waals surface area contributed by atoms with E-state index in [9.17, 15) is 0 Å². The van der Waals surface area contributed by atoms with E-state index in [1.54, 1.807) is 20.5 Å². The first-order valence-corrected chi connectivity index (χ1v) is 6.63. The van der Waals surface area contributed by atoms with E-state index in [1.807, 2.05) is 36.4 Å². The summed E-state index contributed by atoms with van der Waals surface area (Å²) < 4.78 is 16.3. The molecule has 0 atom stereocenters. The minimum atomic E-state index is 0.336. The molecule has 1 aromatic carbocycles. The zero-order chi connectivity index (χ0) is 14.5. The smallest absolute Gasteiger partial charge is 0.126 e. The van der Waals surface area contributed by atoms with Gasteiger partial charge in [0.05, 0.1) is 20.5 Å². The average Bonchev–Trinajstić information content (AvgIpc) is 2.96. The Balaban J connectivity index is 2.40. The van der Waals surface area contributed by atoms with Crippen LogP contribution in [0.3, 0.4) is 0 Å². The third-order valence-electron chi connectivity index (χ3n) is 3.13. The third-order valence-corrected chi connectivity index (χ3v) is 3.13. The molecule has 2 rings (SSSR count). The van der Waals surface area contributed by atoms with Crippen LogP contribution < -0.4 is 9.47 Å². The monoisotopic (exact) mass is 272 g/mol. The van der Waals surface area contributed by atoms with E-state index in [-0.39, 0.29) is 0 Å². The Kier molecular flexibility index (Phi) is 4.51. The van der Waals surface area contributed by atoms with Crippen LogP contribution in [0.4, 0.5) is 0 Å². The SMILES string of the molecule is COc1cc(/C=C/c2ccco2)cc(OC)c1C(C)C. The van der Waals surface area contributed by atoms with Crippen LogP contribution in [-0.2, 0) is 0 Å². The molecule has 3 nitrogen and oxygen atoms in total. The molecule has 0 fully saturated rings. The molecule has 1 heterocycles. The summed E-state index contributed by atoms with van der Waals surface area (Å²) in [5.41, 5.74) is 2.10. The third kappa shape index (κ3) is 3.05. The molecule has 106 valence electrons. The van der Waals surface area contributed by atoms with Crippen molar-refractivity contribution in [1.29, 1.82) is 0 Å². The van der Waals surface area contributed by atoms with Gasteiger partial charge in [0.15, 0.2) is 0 Å². The number of hydrogen-bond donors (Lipinski definition) is 0. The molecule has 0 N–H and O–H groups in total. The first kappa shape index (κ1) is 14.3. The second-order valence-corrected chi connectivity index (χ2v) is 4.84. The minimum absolute atomic E-state index is 0.336.